The Morgan fingerprint density at radius 3 is 2.58 bits per heavy atom. The van der Waals surface area contributed by atoms with Crippen LogP contribution in [-0.4, -0.2) is 44.9 Å². The van der Waals surface area contributed by atoms with Crippen molar-refractivity contribution in [2.24, 2.45) is 0 Å². The van der Waals surface area contributed by atoms with E-state index in [-0.39, 0.29) is 11.5 Å². The van der Waals surface area contributed by atoms with Crippen LogP contribution in [0, 0.1) is 0 Å². The number of rotatable bonds is 3. The lowest BCUT2D eigenvalue weighted by atomic mass is 10.0. The van der Waals surface area contributed by atoms with Gasteiger partial charge in [-0.3, -0.25) is 14.8 Å². The van der Waals surface area contributed by atoms with Gasteiger partial charge in [-0.25, -0.2) is 4.79 Å². The van der Waals surface area contributed by atoms with Crippen molar-refractivity contribution in [1.29, 1.82) is 0 Å². The molecule has 1 N–H and O–H groups in total. The second kappa shape index (κ2) is 6.78. The van der Waals surface area contributed by atoms with Crippen LogP contribution in [0.4, 0.5) is 0 Å². The molecule has 0 bridgehead atoms. The van der Waals surface area contributed by atoms with E-state index >= 15 is 0 Å². The molecule has 0 saturated carbocycles. The first-order chi connectivity index (χ1) is 11.6. The van der Waals surface area contributed by atoms with E-state index in [0.29, 0.717) is 38.0 Å². The van der Waals surface area contributed by atoms with E-state index in [1.807, 2.05) is 11.8 Å². The molecule has 6 nitrogen and oxygen atoms in total. The van der Waals surface area contributed by atoms with Gasteiger partial charge in [-0.15, -0.1) is 0 Å². The van der Waals surface area contributed by atoms with Gasteiger partial charge >= 0.3 is 5.97 Å². The maximum absolute atomic E-state index is 11.9. The third kappa shape index (κ3) is 3.13. The minimum absolute atomic E-state index is 0.121. The maximum Gasteiger partial charge on any atom is 0.337 e. The summed E-state index contributed by atoms with van der Waals surface area (Å²) in [4.78, 5) is 34.0. The Balaban J connectivity index is 2.02. The standard InChI is InChI=1S/C18H19N3O3/c1-2-16(22)21-9-5-13-11-14(18(23)24)17(20-15(13)6-10-21)12-3-7-19-8-4-12/h3-4,7-8,11H,2,5-6,9-10H2,1H3,(H,23,24). The van der Waals surface area contributed by atoms with Gasteiger partial charge in [0.1, 0.15) is 0 Å². The Bertz CT molecular complexity index is 775. The largest absolute Gasteiger partial charge is 0.478 e. The molecule has 3 rings (SSSR count). The Morgan fingerprint density at radius 1 is 1.21 bits per heavy atom. The molecule has 0 unspecified atom stereocenters. The average Bonchev–Trinajstić information content (AvgIpc) is 2.82. The number of carbonyl (C=O) groups is 2. The van der Waals surface area contributed by atoms with Crippen molar-refractivity contribution in [3.63, 3.8) is 0 Å². The molecule has 0 aliphatic carbocycles. The Labute approximate surface area is 140 Å². The van der Waals surface area contributed by atoms with E-state index in [4.69, 9.17) is 0 Å². The Hall–Kier alpha value is -2.76. The fourth-order valence-electron chi connectivity index (χ4n) is 3.00. The van der Waals surface area contributed by atoms with Crippen molar-refractivity contribution in [3.05, 3.63) is 47.4 Å². The molecule has 2 aromatic heterocycles. The highest BCUT2D eigenvalue weighted by Gasteiger charge is 2.22. The number of pyridine rings is 2. The number of amides is 1. The summed E-state index contributed by atoms with van der Waals surface area (Å²) in [5.41, 5.74) is 3.17. The molecule has 0 radical (unpaired) electrons. The summed E-state index contributed by atoms with van der Waals surface area (Å²) >= 11 is 0. The highest BCUT2D eigenvalue weighted by Crippen LogP contribution is 2.26. The lowest BCUT2D eigenvalue weighted by Gasteiger charge is -2.18. The van der Waals surface area contributed by atoms with E-state index in [1.54, 1.807) is 30.6 Å². The quantitative estimate of drug-likeness (QED) is 0.935. The van der Waals surface area contributed by atoms with Gasteiger partial charge in [0.05, 0.1) is 11.3 Å². The fourth-order valence-corrected chi connectivity index (χ4v) is 3.00. The summed E-state index contributed by atoms with van der Waals surface area (Å²) in [7, 11) is 0. The third-order valence-corrected chi connectivity index (χ3v) is 4.30. The number of hydrogen-bond donors (Lipinski definition) is 1. The van der Waals surface area contributed by atoms with Gasteiger partial charge < -0.3 is 10.0 Å². The van der Waals surface area contributed by atoms with Crippen LogP contribution in [0.2, 0.25) is 0 Å². The number of hydrogen-bond acceptors (Lipinski definition) is 4. The van der Waals surface area contributed by atoms with E-state index in [9.17, 15) is 14.7 Å². The summed E-state index contributed by atoms with van der Waals surface area (Å²) in [6.45, 7) is 3.08. The highest BCUT2D eigenvalue weighted by molar-refractivity contribution is 5.95. The number of carboxylic acids is 1. The van der Waals surface area contributed by atoms with Crippen LogP contribution >= 0.6 is 0 Å². The summed E-state index contributed by atoms with van der Waals surface area (Å²) in [6.07, 6.45) is 4.99. The van der Waals surface area contributed by atoms with Gasteiger partial charge in [0.2, 0.25) is 5.91 Å². The zero-order valence-electron chi connectivity index (χ0n) is 13.5. The molecule has 3 heterocycles. The molecule has 0 saturated heterocycles. The molecule has 6 heteroatoms. The molecular formula is C18H19N3O3. The minimum Gasteiger partial charge on any atom is -0.478 e. The van der Waals surface area contributed by atoms with Crippen molar-refractivity contribution >= 4 is 11.9 Å². The number of aromatic carboxylic acids is 1. The van der Waals surface area contributed by atoms with Gasteiger partial charge in [-0.1, -0.05) is 6.92 Å². The number of nitrogens with zero attached hydrogens (tertiary/aromatic N) is 3. The van der Waals surface area contributed by atoms with Crippen molar-refractivity contribution in [1.82, 2.24) is 14.9 Å². The topological polar surface area (TPSA) is 83.4 Å². The van der Waals surface area contributed by atoms with Crippen molar-refractivity contribution in [2.75, 3.05) is 13.1 Å². The molecule has 0 spiro atoms. The first kappa shape index (κ1) is 16.1. The summed E-state index contributed by atoms with van der Waals surface area (Å²) in [5.74, 6) is -0.876. The van der Waals surface area contributed by atoms with Crippen LogP contribution in [0.1, 0.15) is 35.0 Å². The highest BCUT2D eigenvalue weighted by atomic mass is 16.4. The lowest BCUT2D eigenvalue weighted by molar-refractivity contribution is -0.130. The third-order valence-electron chi connectivity index (χ3n) is 4.30. The molecule has 24 heavy (non-hydrogen) atoms. The normalized spacial score (nSPS) is 14.0. The summed E-state index contributed by atoms with van der Waals surface area (Å²) in [5, 5.41) is 9.56. The predicted octanol–water partition coefficient (Wildman–Crippen LogP) is 2.18. The van der Waals surface area contributed by atoms with Crippen LogP contribution in [0.15, 0.2) is 30.6 Å². The molecule has 1 aliphatic rings. The molecule has 1 aliphatic heterocycles. The van der Waals surface area contributed by atoms with Gasteiger partial charge in [0, 0.05) is 49.6 Å². The van der Waals surface area contributed by atoms with Gasteiger partial charge in [-0.2, -0.15) is 0 Å². The lowest BCUT2D eigenvalue weighted by Crippen LogP contribution is -2.32. The summed E-state index contributed by atoms with van der Waals surface area (Å²) in [6, 6.07) is 5.22. The number of fused-ring (bicyclic) bond motifs is 1. The number of carboxylic acid groups (broad SMARTS) is 1. The molecule has 2 aromatic rings. The van der Waals surface area contributed by atoms with Gasteiger partial charge in [0.25, 0.3) is 0 Å². The second-order valence-electron chi connectivity index (χ2n) is 5.77. The van der Waals surface area contributed by atoms with Gasteiger partial charge in [0.15, 0.2) is 0 Å². The minimum atomic E-state index is -0.997. The average molecular weight is 325 g/mol. The van der Waals surface area contributed by atoms with Crippen LogP contribution in [0.5, 0.6) is 0 Å². The second-order valence-corrected chi connectivity index (χ2v) is 5.77. The summed E-state index contributed by atoms with van der Waals surface area (Å²) < 4.78 is 0. The number of carbonyl (C=O) groups excluding carboxylic acids is 1. The van der Waals surface area contributed by atoms with Crippen molar-refractivity contribution < 1.29 is 14.7 Å². The van der Waals surface area contributed by atoms with Crippen molar-refractivity contribution in [3.8, 4) is 11.3 Å². The van der Waals surface area contributed by atoms with E-state index < -0.39 is 5.97 Å². The molecule has 0 fully saturated rings. The Morgan fingerprint density at radius 2 is 1.92 bits per heavy atom. The zero-order valence-corrected chi connectivity index (χ0v) is 13.5. The van der Waals surface area contributed by atoms with Crippen LogP contribution < -0.4 is 0 Å². The van der Waals surface area contributed by atoms with Crippen LogP contribution in [0.3, 0.4) is 0 Å². The molecule has 0 aromatic carbocycles. The molecular weight excluding hydrogens is 306 g/mol. The smallest absolute Gasteiger partial charge is 0.337 e. The number of aromatic nitrogens is 2. The monoisotopic (exact) mass is 325 g/mol. The van der Waals surface area contributed by atoms with Crippen LogP contribution in [0.25, 0.3) is 11.3 Å². The SMILES string of the molecule is CCC(=O)N1CCc2cc(C(=O)O)c(-c3ccncc3)nc2CC1. The maximum atomic E-state index is 11.9. The predicted molar refractivity (Wildman–Crippen MR) is 88.7 cm³/mol. The fraction of sp³-hybridized carbons (Fsp3) is 0.333. The van der Waals surface area contributed by atoms with E-state index in [2.05, 4.69) is 9.97 Å². The molecule has 124 valence electrons. The van der Waals surface area contributed by atoms with E-state index in [0.717, 1.165) is 16.8 Å². The first-order valence-corrected chi connectivity index (χ1v) is 8.04. The molecule has 1 amide bonds. The molecule has 0 atom stereocenters. The van der Waals surface area contributed by atoms with Gasteiger partial charge in [-0.05, 0) is 30.2 Å². The van der Waals surface area contributed by atoms with Crippen molar-refractivity contribution in [2.45, 2.75) is 26.2 Å². The zero-order chi connectivity index (χ0) is 17.1. The van der Waals surface area contributed by atoms with E-state index in [1.165, 1.54) is 0 Å². The van der Waals surface area contributed by atoms with Crippen LogP contribution in [-0.2, 0) is 17.6 Å². The Kier molecular flexibility index (Phi) is 4.55. The first-order valence-electron chi connectivity index (χ1n) is 8.04.